The number of aryl methyl sites for hydroxylation is 1. The van der Waals surface area contributed by atoms with E-state index in [4.69, 9.17) is 16.2 Å². The van der Waals surface area contributed by atoms with Gasteiger partial charge in [-0.1, -0.05) is 80.4 Å². The van der Waals surface area contributed by atoms with E-state index in [9.17, 15) is 54.0 Å². The van der Waals surface area contributed by atoms with E-state index in [2.05, 4.69) is 33.5 Å². The number of aromatic hydroxyl groups is 1. The topological polar surface area (TPSA) is 328 Å². The van der Waals surface area contributed by atoms with Gasteiger partial charge in [0, 0.05) is 37.7 Å². The number of unbranched alkanes of at least 4 members (excludes halogenated alkanes) is 2. The van der Waals surface area contributed by atoms with Gasteiger partial charge in [-0.25, -0.2) is 0 Å². The number of phenolic OH excluding ortho intramolecular Hbond substituents is 1. The molecule has 0 unspecified atom stereocenters. The van der Waals surface area contributed by atoms with E-state index in [1.165, 1.54) is 24.0 Å². The van der Waals surface area contributed by atoms with Crippen molar-refractivity contribution in [3.8, 4) is 33.8 Å². The Bertz CT molecular complexity index is 2730. The van der Waals surface area contributed by atoms with Crippen LogP contribution in [-0.2, 0) is 35.2 Å². The van der Waals surface area contributed by atoms with Crippen LogP contribution in [0.25, 0.3) is 22.3 Å². The molecule has 10 atom stereocenters. The lowest BCUT2D eigenvalue weighted by Gasteiger charge is -2.33. The second-order valence-corrected chi connectivity index (χ2v) is 20.7. The van der Waals surface area contributed by atoms with Gasteiger partial charge in [0.2, 0.25) is 35.4 Å². The van der Waals surface area contributed by atoms with Crippen LogP contribution < -0.4 is 42.8 Å². The summed E-state index contributed by atoms with van der Waals surface area (Å²) in [5.74, 6) is -4.87. The summed E-state index contributed by atoms with van der Waals surface area (Å²) in [5, 5.41) is 56.6. The number of carbonyl (C=O) groups is 7. The molecule has 0 spiro atoms. The molecule has 4 aromatic carbocycles. The van der Waals surface area contributed by atoms with Crippen LogP contribution in [0.4, 0.5) is 0 Å². The summed E-state index contributed by atoms with van der Waals surface area (Å²) in [6.07, 6.45) is -1.44. The number of fused-ring (bicyclic) bond motifs is 2. The number of benzene rings is 4. The molecule has 79 heavy (non-hydrogen) atoms. The number of hydrogen-bond donors (Lipinski definition) is 11. The number of hydrogen-bond acceptors (Lipinski definition) is 14. The number of nitrogens with one attached hydrogen (secondary N) is 5. The van der Waals surface area contributed by atoms with Crippen molar-refractivity contribution >= 4 is 41.4 Å². The second kappa shape index (κ2) is 27.9. The third-order valence-electron chi connectivity index (χ3n) is 14.7. The van der Waals surface area contributed by atoms with Gasteiger partial charge in [-0.3, -0.25) is 33.6 Å². The summed E-state index contributed by atoms with van der Waals surface area (Å²) in [6.45, 7) is 3.45. The van der Waals surface area contributed by atoms with Gasteiger partial charge in [-0.2, -0.15) is 0 Å². The minimum atomic E-state index is -1.69. The highest BCUT2D eigenvalue weighted by molar-refractivity contribution is 6.00. The quantitative estimate of drug-likeness (QED) is 0.0707. The number of rotatable bonds is 16. The maximum atomic E-state index is 14.5. The first-order valence-corrected chi connectivity index (χ1v) is 27.3. The molecular formula is C58H75N9O12. The zero-order valence-electron chi connectivity index (χ0n) is 44.7. The average Bonchev–Trinajstić information content (AvgIpc) is 4.14. The van der Waals surface area contributed by atoms with E-state index in [-0.39, 0.29) is 82.4 Å². The Balaban J connectivity index is 1.12. The van der Waals surface area contributed by atoms with Gasteiger partial charge in [0.05, 0.1) is 24.9 Å². The normalized spacial score (nSPS) is 24.4. The number of nitrogens with zero attached hydrogens (tertiary/aromatic N) is 2. The number of carbonyl (C=O) groups excluding carboxylic acids is 7. The van der Waals surface area contributed by atoms with Crippen molar-refractivity contribution in [3.05, 3.63) is 108 Å². The van der Waals surface area contributed by atoms with Gasteiger partial charge in [-0.15, -0.1) is 0 Å². The zero-order chi connectivity index (χ0) is 56.8. The van der Waals surface area contributed by atoms with E-state index >= 15 is 0 Å². The Morgan fingerprint density at radius 1 is 0.734 bits per heavy atom. The smallest absolute Gasteiger partial charge is 0.251 e. The van der Waals surface area contributed by atoms with E-state index < -0.39 is 102 Å². The fourth-order valence-corrected chi connectivity index (χ4v) is 10.2. The molecule has 3 heterocycles. The zero-order valence-corrected chi connectivity index (χ0v) is 44.7. The van der Waals surface area contributed by atoms with Crippen molar-refractivity contribution in [2.45, 2.75) is 139 Å². The van der Waals surface area contributed by atoms with Crippen LogP contribution in [0.2, 0.25) is 0 Å². The SMILES string of the molecule is CCCCCOc1ccc(-c2ccc(-c3ccc(C(=O)N[C@H]4CCCNC(=O)[C@@H]5C[C@H](N)CN5C(=O)[C@H]([C@H](O)CCN)NC(=O)[C@H](CCc5ccc(O)cc5)NC(=O)[C@@H]5C[C@@H](O)CN5C(=O)[C@H]([C@@H](C)O)NC4=O)cc3)cc2)cc1. The van der Waals surface area contributed by atoms with Crippen molar-refractivity contribution in [3.63, 3.8) is 0 Å². The molecule has 4 aromatic rings. The molecule has 424 valence electrons. The molecule has 0 bridgehead atoms. The number of aliphatic hydroxyl groups is 3. The Hall–Kier alpha value is -7.43. The highest BCUT2D eigenvalue weighted by atomic mass is 16.5. The molecule has 0 aliphatic carbocycles. The van der Waals surface area contributed by atoms with Crippen molar-refractivity contribution < 1.29 is 58.7 Å². The summed E-state index contributed by atoms with van der Waals surface area (Å²) in [5.41, 5.74) is 16.7. The van der Waals surface area contributed by atoms with Gasteiger partial charge in [0.15, 0.2) is 0 Å². The largest absolute Gasteiger partial charge is 0.508 e. The van der Waals surface area contributed by atoms with Crippen LogP contribution in [0.5, 0.6) is 11.5 Å². The molecule has 13 N–H and O–H groups in total. The van der Waals surface area contributed by atoms with E-state index in [1.54, 1.807) is 36.4 Å². The van der Waals surface area contributed by atoms with E-state index in [0.717, 1.165) is 52.2 Å². The average molecular weight is 1090 g/mol. The van der Waals surface area contributed by atoms with Crippen molar-refractivity contribution in [2.24, 2.45) is 11.5 Å². The third-order valence-corrected chi connectivity index (χ3v) is 14.7. The molecular weight excluding hydrogens is 1010 g/mol. The first-order valence-electron chi connectivity index (χ1n) is 27.3. The molecule has 0 radical (unpaired) electrons. The fourth-order valence-electron chi connectivity index (χ4n) is 10.2. The monoisotopic (exact) mass is 1090 g/mol. The lowest BCUT2D eigenvalue weighted by molar-refractivity contribution is -0.145. The number of aliphatic hydroxyl groups excluding tert-OH is 3. The molecule has 0 saturated carbocycles. The van der Waals surface area contributed by atoms with Crippen LogP contribution in [0.3, 0.4) is 0 Å². The minimum absolute atomic E-state index is 0.00427. The highest BCUT2D eigenvalue weighted by Crippen LogP contribution is 2.28. The number of nitrogens with two attached hydrogens (primary N) is 2. The molecule has 3 fully saturated rings. The van der Waals surface area contributed by atoms with Crippen LogP contribution in [0.1, 0.15) is 87.6 Å². The summed E-state index contributed by atoms with van der Waals surface area (Å²) >= 11 is 0. The lowest BCUT2D eigenvalue weighted by atomic mass is 9.99. The number of amides is 7. The van der Waals surface area contributed by atoms with Gasteiger partial charge >= 0.3 is 0 Å². The highest BCUT2D eigenvalue weighted by Gasteiger charge is 2.46. The summed E-state index contributed by atoms with van der Waals surface area (Å²) in [6, 6.07) is 19.4. The number of phenols is 1. The molecule has 3 saturated heterocycles. The second-order valence-electron chi connectivity index (χ2n) is 20.7. The van der Waals surface area contributed by atoms with E-state index in [1.807, 2.05) is 48.5 Å². The molecule has 3 aliphatic rings. The maximum absolute atomic E-state index is 14.5. The van der Waals surface area contributed by atoms with Crippen LogP contribution in [-0.4, -0.2) is 165 Å². The van der Waals surface area contributed by atoms with Crippen molar-refractivity contribution in [2.75, 3.05) is 32.8 Å². The number of ether oxygens (including phenoxy) is 1. The predicted molar refractivity (Wildman–Crippen MR) is 294 cm³/mol. The summed E-state index contributed by atoms with van der Waals surface area (Å²) < 4.78 is 5.86. The Morgan fingerprint density at radius 2 is 1.32 bits per heavy atom. The van der Waals surface area contributed by atoms with Gasteiger partial charge < -0.3 is 73.0 Å². The molecule has 21 nitrogen and oxygen atoms in total. The molecule has 3 aliphatic heterocycles. The van der Waals surface area contributed by atoms with Gasteiger partial charge in [0.1, 0.15) is 47.8 Å². The molecule has 7 rings (SSSR count). The maximum Gasteiger partial charge on any atom is 0.251 e. The summed E-state index contributed by atoms with van der Waals surface area (Å²) in [4.78, 5) is 102. The van der Waals surface area contributed by atoms with Crippen molar-refractivity contribution in [1.82, 2.24) is 36.4 Å². The molecule has 0 aromatic heterocycles. The standard InChI is InChI=1S/C58H75N9O12/c1-3-4-5-29-79-44-23-19-39(20-24-44)37-13-11-36(12-14-37)38-15-17-40(18-16-38)52(72)62-45-7-6-28-61-55(75)47-30-41(60)32-66(47)58(78)51(49(71)26-27-59)65-54(74)46(25-10-35-8-21-42(69)22-9-35)63-56(76)48-31-43(70)33-67(48)57(77)50(34(2)68)64-53(45)73/h8-9,11-24,34,41,43,45-51,68-71H,3-7,10,25-33,59-60H2,1-2H3,(H,61,75)(H,62,72)(H,63,76)(H,64,73)(H,65,74)/t34-,41+,43-,45+,46+,47+,48+,49-,50+,51+/m1/s1. The third kappa shape index (κ3) is 15.7. The van der Waals surface area contributed by atoms with Crippen LogP contribution in [0, 0.1) is 0 Å². The Labute approximate surface area is 459 Å². The van der Waals surface area contributed by atoms with Crippen LogP contribution in [0.15, 0.2) is 97.1 Å². The van der Waals surface area contributed by atoms with Crippen molar-refractivity contribution in [1.29, 1.82) is 0 Å². The van der Waals surface area contributed by atoms with Gasteiger partial charge in [0.25, 0.3) is 5.91 Å². The van der Waals surface area contributed by atoms with Crippen LogP contribution >= 0.6 is 0 Å². The Kier molecular flexibility index (Phi) is 20.9. The van der Waals surface area contributed by atoms with E-state index in [0.29, 0.717) is 12.2 Å². The first-order chi connectivity index (χ1) is 37.9. The minimum Gasteiger partial charge on any atom is -0.508 e. The Morgan fingerprint density at radius 3 is 1.94 bits per heavy atom. The molecule has 21 heteroatoms. The molecule has 7 amide bonds. The predicted octanol–water partition coefficient (Wildman–Crippen LogP) is 1.37. The lowest BCUT2D eigenvalue weighted by Crippen LogP contribution is -2.62. The first kappa shape index (κ1) is 59.2. The fraction of sp³-hybridized carbons (Fsp3) is 0.466. The van der Waals surface area contributed by atoms with Gasteiger partial charge in [-0.05, 0) is 123 Å². The summed E-state index contributed by atoms with van der Waals surface area (Å²) in [7, 11) is 0.